The van der Waals surface area contributed by atoms with Crippen molar-refractivity contribution in [3.8, 4) is 0 Å². The summed E-state index contributed by atoms with van der Waals surface area (Å²) in [5, 5.41) is 8.82. The number of carboxylic acid groups (broad SMARTS) is 1. The van der Waals surface area contributed by atoms with E-state index in [4.69, 9.17) is 5.11 Å². The first-order valence-corrected chi connectivity index (χ1v) is 8.57. The second-order valence-electron chi connectivity index (χ2n) is 4.60. The molecule has 1 atom stereocenters. The minimum atomic E-state index is -3.29. The Bertz CT molecular complexity index is 637. The van der Waals surface area contributed by atoms with E-state index in [0.29, 0.717) is 24.4 Å². The lowest BCUT2D eigenvalue weighted by Gasteiger charge is -2.15. The minimum Gasteiger partial charge on any atom is -0.477 e. The van der Waals surface area contributed by atoms with Gasteiger partial charge < -0.3 is 10.0 Å². The van der Waals surface area contributed by atoms with E-state index in [9.17, 15) is 18.0 Å². The molecule has 2 heterocycles. The Kier molecular flexibility index (Phi) is 4.11. The van der Waals surface area contributed by atoms with Gasteiger partial charge in [-0.15, -0.1) is 11.3 Å². The van der Waals surface area contributed by atoms with E-state index in [2.05, 4.69) is 4.72 Å². The Labute approximate surface area is 120 Å². The maximum atomic E-state index is 12.2. The number of carbonyl (C=O) groups is 2. The van der Waals surface area contributed by atoms with Crippen LogP contribution in [0.15, 0.2) is 12.1 Å². The maximum Gasteiger partial charge on any atom is 0.345 e. The van der Waals surface area contributed by atoms with E-state index in [1.54, 1.807) is 0 Å². The van der Waals surface area contributed by atoms with Gasteiger partial charge in [-0.25, -0.2) is 17.9 Å². The SMILES string of the molecule is CS(=O)(=O)NC1CCN(C(=O)c2ccc(C(=O)O)s2)C1. The second-order valence-corrected chi connectivity index (χ2v) is 7.46. The molecule has 0 saturated carbocycles. The zero-order valence-electron chi connectivity index (χ0n) is 10.7. The van der Waals surface area contributed by atoms with E-state index in [0.717, 1.165) is 17.6 Å². The molecular formula is C11H14N2O5S2. The number of hydrogen-bond acceptors (Lipinski definition) is 5. The van der Waals surface area contributed by atoms with E-state index in [1.807, 2.05) is 0 Å². The highest BCUT2D eigenvalue weighted by Gasteiger charge is 2.29. The molecule has 0 radical (unpaired) electrons. The number of carbonyl (C=O) groups excluding carboxylic acids is 1. The smallest absolute Gasteiger partial charge is 0.345 e. The fourth-order valence-electron chi connectivity index (χ4n) is 2.07. The standard InChI is InChI=1S/C11H14N2O5S2/c1-20(17,18)12-7-4-5-13(6-7)10(14)8-2-3-9(19-8)11(15)16/h2-3,7,12H,4-6H2,1H3,(H,15,16). The molecule has 0 aromatic carbocycles. The summed E-state index contributed by atoms with van der Waals surface area (Å²) in [4.78, 5) is 24.9. The van der Waals surface area contributed by atoms with Gasteiger partial charge in [0.25, 0.3) is 5.91 Å². The largest absolute Gasteiger partial charge is 0.477 e. The molecule has 1 amide bonds. The molecule has 0 spiro atoms. The van der Waals surface area contributed by atoms with Crippen LogP contribution in [0.1, 0.15) is 25.8 Å². The van der Waals surface area contributed by atoms with Crippen LogP contribution in [0.25, 0.3) is 0 Å². The molecule has 7 nitrogen and oxygen atoms in total. The number of likely N-dealkylation sites (tertiary alicyclic amines) is 1. The summed E-state index contributed by atoms with van der Waals surface area (Å²) >= 11 is 0.921. The number of nitrogens with zero attached hydrogens (tertiary/aromatic N) is 1. The molecule has 1 aromatic heterocycles. The summed E-state index contributed by atoms with van der Waals surface area (Å²) in [6.45, 7) is 0.749. The zero-order valence-corrected chi connectivity index (χ0v) is 12.3. The van der Waals surface area contributed by atoms with Crippen molar-refractivity contribution in [3.05, 3.63) is 21.9 Å². The lowest BCUT2D eigenvalue weighted by molar-refractivity contribution is 0.0701. The van der Waals surface area contributed by atoms with Crippen molar-refractivity contribution < 1.29 is 23.1 Å². The molecular weight excluding hydrogens is 304 g/mol. The highest BCUT2D eigenvalue weighted by Crippen LogP contribution is 2.21. The second kappa shape index (κ2) is 5.51. The molecule has 1 saturated heterocycles. The van der Waals surface area contributed by atoms with Crippen LogP contribution >= 0.6 is 11.3 Å². The van der Waals surface area contributed by atoms with E-state index < -0.39 is 16.0 Å². The lowest BCUT2D eigenvalue weighted by atomic mass is 10.3. The molecule has 1 aliphatic rings. The number of carboxylic acids is 1. The van der Waals surface area contributed by atoms with Crippen molar-refractivity contribution in [2.24, 2.45) is 0 Å². The van der Waals surface area contributed by atoms with Gasteiger partial charge in [-0.1, -0.05) is 0 Å². The van der Waals surface area contributed by atoms with E-state index in [-0.39, 0.29) is 16.8 Å². The Hall–Kier alpha value is -1.45. The maximum absolute atomic E-state index is 12.2. The molecule has 1 fully saturated rings. The minimum absolute atomic E-state index is 0.110. The summed E-state index contributed by atoms with van der Waals surface area (Å²) in [6.07, 6.45) is 1.63. The van der Waals surface area contributed by atoms with Gasteiger partial charge >= 0.3 is 5.97 Å². The molecule has 110 valence electrons. The first kappa shape index (κ1) is 14.9. The summed E-state index contributed by atoms with van der Waals surface area (Å²) in [5.74, 6) is -1.33. The van der Waals surface area contributed by atoms with Gasteiger partial charge in [0.1, 0.15) is 4.88 Å². The van der Waals surface area contributed by atoms with Crippen LogP contribution in [-0.2, 0) is 10.0 Å². The van der Waals surface area contributed by atoms with Crippen molar-refractivity contribution in [1.29, 1.82) is 0 Å². The number of thiophene rings is 1. The van der Waals surface area contributed by atoms with E-state index in [1.165, 1.54) is 17.0 Å². The zero-order chi connectivity index (χ0) is 14.9. The Morgan fingerprint density at radius 3 is 2.60 bits per heavy atom. The summed E-state index contributed by atoms with van der Waals surface area (Å²) in [7, 11) is -3.29. The number of sulfonamides is 1. The van der Waals surface area contributed by atoms with Crippen molar-refractivity contribution in [3.63, 3.8) is 0 Å². The number of amides is 1. The van der Waals surface area contributed by atoms with Crippen LogP contribution in [0.5, 0.6) is 0 Å². The molecule has 1 aromatic rings. The normalized spacial score (nSPS) is 19.2. The summed E-state index contributed by atoms with van der Waals surface area (Å²) < 4.78 is 24.7. The molecule has 9 heteroatoms. The van der Waals surface area contributed by atoms with Gasteiger partial charge in [0.15, 0.2) is 0 Å². The van der Waals surface area contributed by atoms with Crippen LogP contribution in [0.4, 0.5) is 0 Å². The molecule has 2 N–H and O–H groups in total. The third-order valence-corrected chi connectivity index (χ3v) is 4.71. The molecule has 20 heavy (non-hydrogen) atoms. The van der Waals surface area contributed by atoms with Crippen molar-refractivity contribution in [2.45, 2.75) is 12.5 Å². The number of rotatable bonds is 4. The van der Waals surface area contributed by atoms with Gasteiger partial charge in [0.2, 0.25) is 10.0 Å². The molecule has 2 rings (SSSR count). The van der Waals surface area contributed by atoms with Gasteiger partial charge in [-0.05, 0) is 18.6 Å². The van der Waals surface area contributed by atoms with Crippen LogP contribution in [-0.4, -0.2) is 55.7 Å². The lowest BCUT2D eigenvalue weighted by Crippen LogP contribution is -2.37. The topological polar surface area (TPSA) is 104 Å². The Morgan fingerprint density at radius 2 is 2.05 bits per heavy atom. The average Bonchev–Trinajstić information content (AvgIpc) is 2.93. The average molecular weight is 318 g/mol. The summed E-state index contributed by atoms with van der Waals surface area (Å²) in [5.41, 5.74) is 0. The van der Waals surface area contributed by atoms with E-state index >= 15 is 0 Å². The Balaban J connectivity index is 2.02. The van der Waals surface area contributed by atoms with Gasteiger partial charge in [0.05, 0.1) is 11.1 Å². The molecule has 0 bridgehead atoms. The fourth-order valence-corrected chi connectivity index (χ4v) is 3.68. The van der Waals surface area contributed by atoms with Crippen LogP contribution in [0.2, 0.25) is 0 Å². The van der Waals surface area contributed by atoms with Gasteiger partial charge in [0, 0.05) is 19.1 Å². The number of aromatic carboxylic acids is 1. The third-order valence-electron chi connectivity index (χ3n) is 2.88. The predicted octanol–water partition coefficient (Wildman–Crippen LogP) is 0.210. The van der Waals surface area contributed by atoms with Crippen LogP contribution < -0.4 is 4.72 Å². The van der Waals surface area contributed by atoms with Crippen LogP contribution in [0.3, 0.4) is 0 Å². The van der Waals surface area contributed by atoms with Gasteiger partial charge in [-0.2, -0.15) is 0 Å². The van der Waals surface area contributed by atoms with Gasteiger partial charge in [-0.3, -0.25) is 4.79 Å². The first-order chi connectivity index (χ1) is 9.26. The molecule has 0 aliphatic carbocycles. The highest BCUT2D eigenvalue weighted by atomic mass is 32.2. The van der Waals surface area contributed by atoms with Crippen molar-refractivity contribution in [1.82, 2.24) is 9.62 Å². The third kappa shape index (κ3) is 3.56. The molecule has 1 unspecified atom stereocenters. The molecule has 1 aliphatic heterocycles. The number of hydrogen-bond donors (Lipinski definition) is 2. The first-order valence-electron chi connectivity index (χ1n) is 5.86. The highest BCUT2D eigenvalue weighted by molar-refractivity contribution is 7.88. The fraction of sp³-hybridized carbons (Fsp3) is 0.455. The predicted molar refractivity (Wildman–Crippen MR) is 73.6 cm³/mol. The quantitative estimate of drug-likeness (QED) is 0.826. The summed E-state index contributed by atoms with van der Waals surface area (Å²) in [6, 6.07) is 2.59. The Morgan fingerprint density at radius 1 is 1.40 bits per heavy atom. The monoisotopic (exact) mass is 318 g/mol. The number of nitrogens with one attached hydrogen (secondary N) is 1. The van der Waals surface area contributed by atoms with Crippen molar-refractivity contribution >= 4 is 33.2 Å². The van der Waals surface area contributed by atoms with Crippen molar-refractivity contribution in [2.75, 3.05) is 19.3 Å². The van der Waals surface area contributed by atoms with Crippen LogP contribution in [0, 0.1) is 0 Å².